The van der Waals surface area contributed by atoms with Crippen LogP contribution in [0.25, 0.3) is 0 Å². The second kappa shape index (κ2) is 9.73. The van der Waals surface area contributed by atoms with Crippen molar-refractivity contribution in [2.45, 2.75) is 13.0 Å². The molecule has 0 aliphatic carbocycles. The summed E-state index contributed by atoms with van der Waals surface area (Å²) in [5, 5.41) is 11.0. The van der Waals surface area contributed by atoms with Gasteiger partial charge in [0, 0.05) is 13.0 Å². The SMILES string of the molecule is C=CCN1C(=O)N=C(Cc2cc(I)c(OCc3cccc(C(=O)[O-])c3)c(OC)c2)C1=O. The number of carbonyl (C=O) groups excluding carboxylic acids is 3. The number of hydrogen-bond acceptors (Lipinski definition) is 6. The number of urea groups is 1. The summed E-state index contributed by atoms with van der Waals surface area (Å²) in [6.45, 7) is 3.77. The van der Waals surface area contributed by atoms with Crippen molar-refractivity contribution in [2.75, 3.05) is 13.7 Å². The summed E-state index contributed by atoms with van der Waals surface area (Å²) in [7, 11) is 1.49. The van der Waals surface area contributed by atoms with Crippen LogP contribution in [-0.4, -0.2) is 42.2 Å². The summed E-state index contributed by atoms with van der Waals surface area (Å²) in [6, 6.07) is 9.23. The van der Waals surface area contributed by atoms with Gasteiger partial charge in [0.15, 0.2) is 11.5 Å². The minimum absolute atomic E-state index is 0.0696. The lowest BCUT2D eigenvalue weighted by atomic mass is 10.1. The lowest BCUT2D eigenvalue weighted by Gasteiger charge is -2.15. The molecule has 0 saturated heterocycles. The van der Waals surface area contributed by atoms with Crippen molar-refractivity contribution in [2.24, 2.45) is 4.99 Å². The van der Waals surface area contributed by atoms with Gasteiger partial charge in [-0.3, -0.25) is 9.69 Å². The van der Waals surface area contributed by atoms with Crippen LogP contribution in [0.1, 0.15) is 21.5 Å². The number of nitrogens with zero attached hydrogens (tertiary/aromatic N) is 2. The fourth-order valence-corrected chi connectivity index (χ4v) is 3.85. The van der Waals surface area contributed by atoms with Crippen molar-refractivity contribution >= 4 is 46.2 Å². The van der Waals surface area contributed by atoms with E-state index < -0.39 is 17.9 Å². The number of carboxylic acids is 1. The van der Waals surface area contributed by atoms with Crippen LogP contribution in [0.2, 0.25) is 0 Å². The Kier molecular flexibility index (Phi) is 7.06. The van der Waals surface area contributed by atoms with Gasteiger partial charge in [-0.15, -0.1) is 6.58 Å². The minimum atomic E-state index is -1.26. The number of hydrogen-bond donors (Lipinski definition) is 0. The van der Waals surface area contributed by atoms with Crippen LogP contribution in [-0.2, 0) is 17.8 Å². The number of amides is 3. The molecule has 9 heteroatoms. The zero-order chi connectivity index (χ0) is 22.5. The Balaban J connectivity index is 1.78. The first-order chi connectivity index (χ1) is 14.8. The predicted octanol–water partition coefficient (Wildman–Crippen LogP) is 2.37. The summed E-state index contributed by atoms with van der Waals surface area (Å²) in [6.07, 6.45) is 1.63. The highest BCUT2D eigenvalue weighted by Crippen LogP contribution is 2.35. The molecule has 0 saturated carbocycles. The van der Waals surface area contributed by atoms with Gasteiger partial charge in [-0.05, 0) is 57.5 Å². The second-order valence-electron chi connectivity index (χ2n) is 6.61. The van der Waals surface area contributed by atoms with E-state index in [1.54, 1.807) is 18.2 Å². The summed E-state index contributed by atoms with van der Waals surface area (Å²) in [5.41, 5.74) is 1.61. The number of methoxy groups -OCH3 is 1. The average molecular weight is 533 g/mol. The Labute approximate surface area is 192 Å². The lowest BCUT2D eigenvalue weighted by Crippen LogP contribution is -2.33. The van der Waals surface area contributed by atoms with E-state index in [1.807, 2.05) is 6.07 Å². The first-order valence-corrected chi connectivity index (χ1v) is 10.3. The van der Waals surface area contributed by atoms with Gasteiger partial charge in [0.2, 0.25) is 0 Å². The van der Waals surface area contributed by atoms with Crippen molar-refractivity contribution in [3.05, 3.63) is 69.3 Å². The number of benzene rings is 2. The normalized spacial score (nSPS) is 13.2. The lowest BCUT2D eigenvalue weighted by molar-refractivity contribution is -0.255. The number of aromatic carboxylic acids is 1. The van der Waals surface area contributed by atoms with Crippen molar-refractivity contribution in [3.63, 3.8) is 0 Å². The molecule has 0 spiro atoms. The molecule has 0 fully saturated rings. The number of rotatable bonds is 9. The maximum atomic E-state index is 12.4. The molecule has 0 radical (unpaired) electrons. The monoisotopic (exact) mass is 533 g/mol. The average Bonchev–Trinajstić information content (AvgIpc) is 3.00. The smallest absolute Gasteiger partial charge is 0.351 e. The third kappa shape index (κ3) is 5.10. The number of aliphatic imine (C=N–C) groups is 1. The van der Waals surface area contributed by atoms with Crippen molar-refractivity contribution < 1.29 is 29.0 Å². The first-order valence-electron chi connectivity index (χ1n) is 9.17. The van der Waals surface area contributed by atoms with Gasteiger partial charge in [0.05, 0.1) is 16.6 Å². The van der Waals surface area contributed by atoms with Crippen LogP contribution in [0.3, 0.4) is 0 Å². The van der Waals surface area contributed by atoms with Gasteiger partial charge in [0.25, 0.3) is 5.91 Å². The molecule has 2 aromatic carbocycles. The van der Waals surface area contributed by atoms with Gasteiger partial charge >= 0.3 is 6.03 Å². The number of carbonyl (C=O) groups is 3. The maximum absolute atomic E-state index is 12.4. The van der Waals surface area contributed by atoms with E-state index in [0.717, 1.165) is 14.0 Å². The highest BCUT2D eigenvalue weighted by atomic mass is 127. The van der Waals surface area contributed by atoms with Crippen LogP contribution in [0, 0.1) is 3.57 Å². The fraction of sp³-hybridized carbons (Fsp3) is 0.182. The van der Waals surface area contributed by atoms with Crippen LogP contribution in [0.4, 0.5) is 4.79 Å². The largest absolute Gasteiger partial charge is 0.545 e. The molecule has 0 unspecified atom stereocenters. The molecule has 1 heterocycles. The first kappa shape index (κ1) is 22.5. The zero-order valence-electron chi connectivity index (χ0n) is 16.6. The van der Waals surface area contributed by atoms with E-state index in [4.69, 9.17) is 9.47 Å². The van der Waals surface area contributed by atoms with E-state index in [0.29, 0.717) is 17.1 Å². The fourth-order valence-electron chi connectivity index (χ4n) is 3.02. The standard InChI is InChI=1S/C22H19IN2O6/c1-3-7-25-20(26)17(24-22(25)29)10-14-9-16(23)19(18(11-14)30-2)31-12-13-5-4-6-15(8-13)21(27)28/h3-6,8-9,11H,1,7,10,12H2,2H3,(H,27,28)/p-1. The molecule has 2 aromatic rings. The number of carboxylic acid groups (broad SMARTS) is 1. The minimum Gasteiger partial charge on any atom is -0.545 e. The molecular formula is C22H18IN2O6-. The molecule has 1 aliphatic heterocycles. The maximum Gasteiger partial charge on any atom is 0.351 e. The van der Waals surface area contributed by atoms with Gasteiger partial charge in [0.1, 0.15) is 12.3 Å². The van der Waals surface area contributed by atoms with Crippen LogP contribution < -0.4 is 14.6 Å². The van der Waals surface area contributed by atoms with Crippen LogP contribution >= 0.6 is 22.6 Å². The molecule has 3 amide bonds. The highest BCUT2D eigenvalue weighted by Gasteiger charge is 2.32. The topological polar surface area (TPSA) is 108 Å². The molecule has 0 aromatic heterocycles. The van der Waals surface area contributed by atoms with E-state index in [9.17, 15) is 19.5 Å². The van der Waals surface area contributed by atoms with E-state index in [1.165, 1.54) is 25.3 Å². The van der Waals surface area contributed by atoms with E-state index in [-0.39, 0.29) is 30.8 Å². The molecule has 8 nitrogen and oxygen atoms in total. The Bertz CT molecular complexity index is 1100. The molecule has 160 valence electrons. The summed E-state index contributed by atoms with van der Waals surface area (Å²) in [5.74, 6) is -0.770. The number of ether oxygens (including phenoxy) is 2. The van der Waals surface area contributed by atoms with Crippen molar-refractivity contribution in [1.82, 2.24) is 4.90 Å². The van der Waals surface area contributed by atoms with Crippen LogP contribution in [0.15, 0.2) is 54.0 Å². The van der Waals surface area contributed by atoms with E-state index in [2.05, 4.69) is 34.2 Å². The van der Waals surface area contributed by atoms with Crippen molar-refractivity contribution in [3.8, 4) is 11.5 Å². The molecule has 0 atom stereocenters. The quantitative estimate of drug-likeness (QED) is 0.362. The zero-order valence-corrected chi connectivity index (χ0v) is 18.7. The Morgan fingerprint density at radius 2 is 2.03 bits per heavy atom. The summed E-state index contributed by atoms with van der Waals surface area (Å²) in [4.78, 5) is 40.2. The molecule has 31 heavy (non-hydrogen) atoms. The van der Waals surface area contributed by atoms with Gasteiger partial charge in [-0.1, -0.05) is 24.3 Å². The molecule has 0 bridgehead atoms. The number of imide groups is 1. The highest BCUT2D eigenvalue weighted by molar-refractivity contribution is 14.1. The summed E-state index contributed by atoms with van der Waals surface area (Å²) >= 11 is 2.08. The van der Waals surface area contributed by atoms with Crippen LogP contribution in [0.5, 0.6) is 11.5 Å². The second-order valence-corrected chi connectivity index (χ2v) is 7.77. The Morgan fingerprint density at radius 1 is 1.26 bits per heavy atom. The number of halogens is 1. The summed E-state index contributed by atoms with van der Waals surface area (Å²) < 4.78 is 12.0. The molecule has 1 aliphatic rings. The Hall–Kier alpha value is -3.21. The molecule has 0 N–H and O–H groups in total. The third-order valence-corrected chi connectivity index (χ3v) is 5.27. The van der Waals surface area contributed by atoms with E-state index >= 15 is 0 Å². The van der Waals surface area contributed by atoms with Gasteiger partial charge in [-0.2, -0.15) is 4.99 Å². The third-order valence-electron chi connectivity index (χ3n) is 4.47. The van der Waals surface area contributed by atoms with Gasteiger partial charge < -0.3 is 19.4 Å². The molecule has 3 rings (SSSR count). The predicted molar refractivity (Wildman–Crippen MR) is 119 cm³/mol. The van der Waals surface area contributed by atoms with Crippen molar-refractivity contribution in [1.29, 1.82) is 0 Å². The Morgan fingerprint density at radius 3 is 2.71 bits per heavy atom. The molecular weight excluding hydrogens is 515 g/mol. The van der Waals surface area contributed by atoms with Gasteiger partial charge in [-0.25, -0.2) is 4.79 Å².